The van der Waals surface area contributed by atoms with Crippen LogP contribution in [0.25, 0.3) is 0 Å². The van der Waals surface area contributed by atoms with Crippen LogP contribution in [0.2, 0.25) is 0 Å². The van der Waals surface area contributed by atoms with E-state index in [1.165, 1.54) is 23.5 Å². The molecular formula is C12H20N2S. The van der Waals surface area contributed by atoms with Gasteiger partial charge >= 0.3 is 0 Å². The minimum absolute atomic E-state index is 0.358. The molecule has 1 aromatic rings. The van der Waals surface area contributed by atoms with E-state index in [-0.39, 0.29) is 0 Å². The SMILES string of the molecule is CC(C)(C)CNCc1nc(C2CC2)cs1. The van der Waals surface area contributed by atoms with Gasteiger partial charge < -0.3 is 5.32 Å². The number of hydrogen-bond acceptors (Lipinski definition) is 3. The van der Waals surface area contributed by atoms with Gasteiger partial charge in [0.25, 0.3) is 0 Å². The summed E-state index contributed by atoms with van der Waals surface area (Å²) in [6.45, 7) is 8.71. The summed E-state index contributed by atoms with van der Waals surface area (Å²) in [5.74, 6) is 0.789. The molecule has 0 radical (unpaired) electrons. The first-order valence-electron chi connectivity index (χ1n) is 5.70. The fourth-order valence-corrected chi connectivity index (χ4v) is 2.36. The van der Waals surface area contributed by atoms with E-state index >= 15 is 0 Å². The van der Waals surface area contributed by atoms with Gasteiger partial charge in [-0.15, -0.1) is 11.3 Å². The summed E-state index contributed by atoms with van der Waals surface area (Å²) in [7, 11) is 0. The average Bonchev–Trinajstić information content (AvgIpc) is 2.86. The highest BCUT2D eigenvalue weighted by atomic mass is 32.1. The molecule has 2 rings (SSSR count). The fourth-order valence-electron chi connectivity index (χ4n) is 1.52. The second-order valence-corrected chi connectivity index (χ2v) is 6.55. The summed E-state index contributed by atoms with van der Waals surface area (Å²) < 4.78 is 0. The minimum atomic E-state index is 0.358. The first-order chi connectivity index (χ1) is 7.04. The number of thiazole rings is 1. The van der Waals surface area contributed by atoms with E-state index in [0.29, 0.717) is 5.41 Å². The van der Waals surface area contributed by atoms with Gasteiger partial charge in [0.15, 0.2) is 0 Å². The second kappa shape index (κ2) is 4.22. The summed E-state index contributed by atoms with van der Waals surface area (Å²) in [5.41, 5.74) is 1.68. The predicted octanol–water partition coefficient (Wildman–Crippen LogP) is 3.16. The summed E-state index contributed by atoms with van der Waals surface area (Å²) in [6, 6.07) is 0. The van der Waals surface area contributed by atoms with E-state index in [2.05, 4.69) is 36.5 Å². The van der Waals surface area contributed by atoms with Crippen molar-refractivity contribution in [2.45, 2.75) is 46.1 Å². The van der Waals surface area contributed by atoms with Gasteiger partial charge in [-0.05, 0) is 18.3 Å². The monoisotopic (exact) mass is 224 g/mol. The van der Waals surface area contributed by atoms with Gasteiger partial charge in [-0.2, -0.15) is 0 Å². The Morgan fingerprint density at radius 1 is 1.47 bits per heavy atom. The molecule has 0 spiro atoms. The Labute approximate surface area is 96.1 Å². The molecule has 1 saturated carbocycles. The highest BCUT2D eigenvalue weighted by molar-refractivity contribution is 7.09. The Morgan fingerprint density at radius 3 is 2.80 bits per heavy atom. The smallest absolute Gasteiger partial charge is 0.107 e. The summed E-state index contributed by atoms with van der Waals surface area (Å²) >= 11 is 1.79. The van der Waals surface area contributed by atoms with Crippen molar-refractivity contribution >= 4 is 11.3 Å². The van der Waals surface area contributed by atoms with E-state index in [1.807, 2.05) is 0 Å². The van der Waals surface area contributed by atoms with Crippen LogP contribution in [0.5, 0.6) is 0 Å². The standard InChI is InChI=1S/C12H20N2S/c1-12(2,3)8-13-6-11-14-10(7-15-11)9-4-5-9/h7,9,13H,4-6,8H2,1-3H3. The van der Waals surface area contributed by atoms with Gasteiger partial charge in [-0.1, -0.05) is 20.8 Å². The average molecular weight is 224 g/mol. The second-order valence-electron chi connectivity index (χ2n) is 5.60. The molecule has 0 amide bonds. The van der Waals surface area contributed by atoms with Crippen LogP contribution >= 0.6 is 11.3 Å². The van der Waals surface area contributed by atoms with Crippen molar-refractivity contribution < 1.29 is 0 Å². The lowest BCUT2D eigenvalue weighted by Crippen LogP contribution is -2.26. The van der Waals surface area contributed by atoms with E-state index in [4.69, 9.17) is 0 Å². The lowest BCUT2D eigenvalue weighted by Gasteiger charge is -2.18. The molecular weight excluding hydrogens is 204 g/mol. The van der Waals surface area contributed by atoms with Gasteiger partial charge in [0.05, 0.1) is 5.69 Å². The van der Waals surface area contributed by atoms with Crippen molar-refractivity contribution in [2.75, 3.05) is 6.54 Å². The third-order valence-corrected chi connectivity index (χ3v) is 3.36. The van der Waals surface area contributed by atoms with Crippen molar-refractivity contribution in [3.63, 3.8) is 0 Å². The number of nitrogens with one attached hydrogen (secondary N) is 1. The van der Waals surface area contributed by atoms with E-state index in [0.717, 1.165) is 19.0 Å². The van der Waals surface area contributed by atoms with Crippen LogP contribution in [0.1, 0.15) is 50.2 Å². The molecule has 1 N–H and O–H groups in total. The first kappa shape index (κ1) is 11.1. The molecule has 84 valence electrons. The van der Waals surface area contributed by atoms with Crippen LogP contribution < -0.4 is 5.32 Å². The minimum Gasteiger partial charge on any atom is -0.310 e. The maximum atomic E-state index is 4.65. The molecule has 1 aromatic heterocycles. The van der Waals surface area contributed by atoms with Crippen molar-refractivity contribution in [3.8, 4) is 0 Å². The maximum Gasteiger partial charge on any atom is 0.107 e. The van der Waals surface area contributed by atoms with Gasteiger partial charge in [-0.25, -0.2) is 4.98 Å². The molecule has 3 heteroatoms. The lowest BCUT2D eigenvalue weighted by molar-refractivity contribution is 0.379. The van der Waals surface area contributed by atoms with Crippen molar-refractivity contribution in [3.05, 3.63) is 16.1 Å². The number of hydrogen-bond donors (Lipinski definition) is 1. The Kier molecular flexibility index (Phi) is 3.12. The Hall–Kier alpha value is -0.410. The molecule has 1 aliphatic carbocycles. The van der Waals surface area contributed by atoms with Gasteiger partial charge in [0.1, 0.15) is 5.01 Å². The number of aromatic nitrogens is 1. The third kappa shape index (κ3) is 3.58. The van der Waals surface area contributed by atoms with Crippen LogP contribution in [0, 0.1) is 5.41 Å². The third-order valence-electron chi connectivity index (χ3n) is 2.50. The highest BCUT2D eigenvalue weighted by Gasteiger charge is 2.25. The van der Waals surface area contributed by atoms with E-state index < -0.39 is 0 Å². The Bertz CT molecular complexity index is 321. The topological polar surface area (TPSA) is 24.9 Å². The molecule has 1 fully saturated rings. The maximum absolute atomic E-state index is 4.65. The molecule has 0 saturated heterocycles. The lowest BCUT2D eigenvalue weighted by atomic mass is 9.97. The molecule has 0 aliphatic heterocycles. The fraction of sp³-hybridized carbons (Fsp3) is 0.750. The van der Waals surface area contributed by atoms with Crippen LogP contribution in [0.4, 0.5) is 0 Å². The number of nitrogens with zero attached hydrogens (tertiary/aromatic N) is 1. The van der Waals surface area contributed by atoms with E-state index in [1.54, 1.807) is 11.3 Å². The molecule has 1 aliphatic rings. The summed E-state index contributed by atoms with van der Waals surface area (Å²) in [6.07, 6.45) is 2.69. The Balaban J connectivity index is 1.78. The number of rotatable bonds is 4. The molecule has 0 atom stereocenters. The largest absolute Gasteiger partial charge is 0.310 e. The summed E-state index contributed by atoms with van der Waals surface area (Å²) in [5, 5.41) is 6.93. The zero-order valence-electron chi connectivity index (χ0n) is 9.84. The molecule has 1 heterocycles. The first-order valence-corrected chi connectivity index (χ1v) is 6.57. The van der Waals surface area contributed by atoms with Crippen LogP contribution in [-0.4, -0.2) is 11.5 Å². The highest BCUT2D eigenvalue weighted by Crippen LogP contribution is 2.40. The van der Waals surface area contributed by atoms with Crippen molar-refractivity contribution in [1.82, 2.24) is 10.3 Å². The van der Waals surface area contributed by atoms with Gasteiger partial charge in [0, 0.05) is 24.4 Å². The zero-order chi connectivity index (χ0) is 10.9. The van der Waals surface area contributed by atoms with E-state index in [9.17, 15) is 0 Å². The quantitative estimate of drug-likeness (QED) is 0.850. The molecule has 0 unspecified atom stereocenters. The Morgan fingerprint density at radius 2 is 2.20 bits per heavy atom. The predicted molar refractivity (Wildman–Crippen MR) is 65.3 cm³/mol. The molecule has 0 bridgehead atoms. The van der Waals surface area contributed by atoms with Gasteiger partial charge in [0.2, 0.25) is 0 Å². The zero-order valence-corrected chi connectivity index (χ0v) is 10.7. The van der Waals surface area contributed by atoms with Crippen molar-refractivity contribution in [2.24, 2.45) is 5.41 Å². The molecule has 0 aromatic carbocycles. The normalized spacial score (nSPS) is 17.0. The molecule has 15 heavy (non-hydrogen) atoms. The molecule has 2 nitrogen and oxygen atoms in total. The summed E-state index contributed by atoms with van der Waals surface area (Å²) in [4.78, 5) is 4.65. The van der Waals surface area contributed by atoms with Crippen molar-refractivity contribution in [1.29, 1.82) is 0 Å². The van der Waals surface area contributed by atoms with Crippen LogP contribution in [0.3, 0.4) is 0 Å². The van der Waals surface area contributed by atoms with Crippen LogP contribution in [0.15, 0.2) is 5.38 Å². The van der Waals surface area contributed by atoms with Gasteiger partial charge in [-0.3, -0.25) is 0 Å². The van der Waals surface area contributed by atoms with Crippen LogP contribution in [-0.2, 0) is 6.54 Å².